The molecule has 0 radical (unpaired) electrons. The number of imidazole rings is 1. The molecule has 2 aromatic carbocycles. The number of benzene rings is 2. The molecule has 0 aliphatic rings. The number of para-hydroxylation sites is 2. The number of nitrogens with zero attached hydrogens (tertiary/aromatic N) is 2. The van der Waals surface area contributed by atoms with Crippen LogP contribution in [0.25, 0.3) is 16.7 Å². The highest BCUT2D eigenvalue weighted by Gasteiger charge is 2.14. The van der Waals surface area contributed by atoms with Gasteiger partial charge in [0.25, 0.3) is 0 Å². The second-order valence-corrected chi connectivity index (χ2v) is 5.65. The highest BCUT2D eigenvalue weighted by Crippen LogP contribution is 2.20. The van der Waals surface area contributed by atoms with E-state index in [1.807, 2.05) is 73.3 Å². The number of rotatable bonds is 5. The van der Waals surface area contributed by atoms with Gasteiger partial charge in [0.2, 0.25) is 5.91 Å². The van der Waals surface area contributed by atoms with Gasteiger partial charge in [0, 0.05) is 17.3 Å². The lowest BCUT2D eigenvalue weighted by molar-refractivity contribution is -0.120. The number of fused-ring (bicyclic) bond motifs is 1. The first-order valence-corrected chi connectivity index (χ1v) is 8.06. The van der Waals surface area contributed by atoms with Crippen molar-refractivity contribution in [3.8, 4) is 5.69 Å². The van der Waals surface area contributed by atoms with Crippen molar-refractivity contribution in [1.29, 1.82) is 0 Å². The molecule has 0 saturated carbocycles. The summed E-state index contributed by atoms with van der Waals surface area (Å²) in [5.41, 5.74) is 3.90. The van der Waals surface area contributed by atoms with Gasteiger partial charge in [0.15, 0.2) is 0 Å². The predicted molar refractivity (Wildman–Crippen MR) is 93.8 cm³/mol. The molecule has 0 aliphatic heterocycles. The number of anilines is 1. The maximum Gasteiger partial charge on any atom is 0.227 e. The highest BCUT2D eigenvalue weighted by atomic mass is 16.1. The molecular formula is C19H21N3O. The molecule has 1 amide bonds. The predicted octanol–water partition coefficient (Wildman–Crippen LogP) is 4.40. The maximum atomic E-state index is 12.1. The summed E-state index contributed by atoms with van der Waals surface area (Å²) in [5, 5.41) is 2.99. The van der Waals surface area contributed by atoms with E-state index in [1.165, 1.54) is 0 Å². The SMILES string of the molecule is CCC(CC)C(=O)Nc1ccc(-n2cnc3ccccc32)cc1. The van der Waals surface area contributed by atoms with Crippen LogP contribution in [0.3, 0.4) is 0 Å². The number of hydrogen-bond acceptors (Lipinski definition) is 2. The number of carbonyl (C=O) groups excluding carboxylic acids is 1. The van der Waals surface area contributed by atoms with E-state index in [0.717, 1.165) is 35.2 Å². The van der Waals surface area contributed by atoms with E-state index in [2.05, 4.69) is 10.3 Å². The van der Waals surface area contributed by atoms with Crippen LogP contribution < -0.4 is 5.32 Å². The summed E-state index contributed by atoms with van der Waals surface area (Å²) in [4.78, 5) is 16.5. The molecule has 0 atom stereocenters. The van der Waals surface area contributed by atoms with Gasteiger partial charge in [-0.25, -0.2) is 4.98 Å². The standard InChI is InChI=1S/C19H21N3O/c1-3-14(4-2)19(23)21-15-9-11-16(12-10-15)22-13-20-17-7-5-6-8-18(17)22/h5-14H,3-4H2,1-2H3,(H,21,23). The van der Waals surface area contributed by atoms with Crippen molar-refractivity contribution >= 4 is 22.6 Å². The molecule has 1 N–H and O–H groups in total. The number of hydrogen-bond donors (Lipinski definition) is 1. The molecule has 3 rings (SSSR count). The smallest absolute Gasteiger partial charge is 0.227 e. The van der Waals surface area contributed by atoms with Crippen LogP contribution in [0.4, 0.5) is 5.69 Å². The minimum atomic E-state index is 0.0762. The van der Waals surface area contributed by atoms with Crippen LogP contribution in [0.1, 0.15) is 26.7 Å². The Morgan fingerprint density at radius 3 is 2.48 bits per heavy atom. The zero-order valence-electron chi connectivity index (χ0n) is 13.5. The van der Waals surface area contributed by atoms with E-state index in [4.69, 9.17) is 0 Å². The lowest BCUT2D eigenvalue weighted by atomic mass is 10.0. The Bertz CT molecular complexity index is 801. The van der Waals surface area contributed by atoms with Crippen molar-refractivity contribution in [3.63, 3.8) is 0 Å². The van der Waals surface area contributed by atoms with Crippen molar-refractivity contribution in [2.45, 2.75) is 26.7 Å². The third kappa shape index (κ3) is 3.11. The third-order valence-electron chi connectivity index (χ3n) is 4.22. The Hall–Kier alpha value is -2.62. The molecule has 1 heterocycles. The van der Waals surface area contributed by atoms with Gasteiger partial charge < -0.3 is 5.32 Å². The summed E-state index contributed by atoms with van der Waals surface area (Å²) in [7, 11) is 0. The molecule has 1 aromatic heterocycles. The minimum absolute atomic E-state index is 0.0762. The second kappa shape index (κ2) is 6.65. The molecule has 118 valence electrons. The van der Waals surface area contributed by atoms with Crippen LogP contribution in [0.5, 0.6) is 0 Å². The minimum Gasteiger partial charge on any atom is -0.326 e. The number of nitrogens with one attached hydrogen (secondary N) is 1. The fourth-order valence-electron chi connectivity index (χ4n) is 2.77. The monoisotopic (exact) mass is 307 g/mol. The Kier molecular flexibility index (Phi) is 4.42. The molecule has 0 saturated heterocycles. The van der Waals surface area contributed by atoms with E-state index in [1.54, 1.807) is 0 Å². The molecule has 3 aromatic rings. The van der Waals surface area contributed by atoms with Crippen LogP contribution in [-0.2, 0) is 4.79 Å². The van der Waals surface area contributed by atoms with Gasteiger partial charge >= 0.3 is 0 Å². The molecule has 4 nitrogen and oxygen atoms in total. The van der Waals surface area contributed by atoms with Crippen molar-refractivity contribution in [3.05, 3.63) is 54.9 Å². The summed E-state index contributed by atoms with van der Waals surface area (Å²) in [6.45, 7) is 4.09. The van der Waals surface area contributed by atoms with E-state index >= 15 is 0 Å². The second-order valence-electron chi connectivity index (χ2n) is 5.65. The van der Waals surface area contributed by atoms with Gasteiger partial charge in [-0.15, -0.1) is 0 Å². The summed E-state index contributed by atoms with van der Waals surface area (Å²) < 4.78 is 2.04. The maximum absolute atomic E-state index is 12.1. The number of aromatic nitrogens is 2. The van der Waals surface area contributed by atoms with Crippen LogP contribution >= 0.6 is 0 Å². The molecule has 0 unspecified atom stereocenters. The molecule has 4 heteroatoms. The van der Waals surface area contributed by atoms with Gasteiger partial charge in [0.1, 0.15) is 6.33 Å². The Morgan fingerprint density at radius 2 is 1.78 bits per heavy atom. The molecule has 0 spiro atoms. The van der Waals surface area contributed by atoms with Gasteiger partial charge in [-0.3, -0.25) is 9.36 Å². The van der Waals surface area contributed by atoms with Crippen LogP contribution in [0.2, 0.25) is 0 Å². The lowest BCUT2D eigenvalue weighted by Crippen LogP contribution is -2.21. The van der Waals surface area contributed by atoms with E-state index < -0.39 is 0 Å². The average molecular weight is 307 g/mol. The molecule has 0 bridgehead atoms. The van der Waals surface area contributed by atoms with Crippen LogP contribution in [-0.4, -0.2) is 15.5 Å². The first kappa shape index (κ1) is 15.3. The van der Waals surface area contributed by atoms with Crippen LogP contribution in [0.15, 0.2) is 54.9 Å². The first-order valence-electron chi connectivity index (χ1n) is 8.06. The van der Waals surface area contributed by atoms with Gasteiger partial charge in [-0.1, -0.05) is 26.0 Å². The molecular weight excluding hydrogens is 286 g/mol. The van der Waals surface area contributed by atoms with E-state index in [-0.39, 0.29) is 11.8 Å². The average Bonchev–Trinajstić information content (AvgIpc) is 3.01. The van der Waals surface area contributed by atoms with Crippen molar-refractivity contribution in [2.24, 2.45) is 5.92 Å². The normalized spacial score (nSPS) is 11.1. The van der Waals surface area contributed by atoms with Gasteiger partial charge in [-0.2, -0.15) is 0 Å². The lowest BCUT2D eigenvalue weighted by Gasteiger charge is -2.13. The van der Waals surface area contributed by atoms with Crippen LogP contribution in [0, 0.1) is 5.92 Å². The molecule has 23 heavy (non-hydrogen) atoms. The first-order chi connectivity index (χ1) is 11.2. The Labute approximate surface area is 136 Å². The van der Waals surface area contributed by atoms with Crippen molar-refractivity contribution in [2.75, 3.05) is 5.32 Å². The fraction of sp³-hybridized carbons (Fsp3) is 0.263. The summed E-state index contributed by atoms with van der Waals surface area (Å²) >= 11 is 0. The summed E-state index contributed by atoms with van der Waals surface area (Å²) in [5.74, 6) is 0.170. The fourth-order valence-corrected chi connectivity index (χ4v) is 2.77. The summed E-state index contributed by atoms with van der Waals surface area (Å²) in [6.07, 6.45) is 3.55. The van der Waals surface area contributed by atoms with E-state index in [0.29, 0.717) is 0 Å². The third-order valence-corrected chi connectivity index (χ3v) is 4.22. The largest absolute Gasteiger partial charge is 0.326 e. The summed E-state index contributed by atoms with van der Waals surface area (Å²) in [6, 6.07) is 15.9. The molecule has 0 aliphatic carbocycles. The number of carbonyl (C=O) groups is 1. The quantitative estimate of drug-likeness (QED) is 0.759. The zero-order chi connectivity index (χ0) is 16.2. The topological polar surface area (TPSA) is 46.9 Å². The van der Waals surface area contributed by atoms with E-state index in [9.17, 15) is 4.79 Å². The van der Waals surface area contributed by atoms with Gasteiger partial charge in [-0.05, 0) is 49.2 Å². The molecule has 0 fully saturated rings. The van der Waals surface area contributed by atoms with Crippen molar-refractivity contribution < 1.29 is 4.79 Å². The Morgan fingerprint density at radius 1 is 1.09 bits per heavy atom. The van der Waals surface area contributed by atoms with Crippen molar-refractivity contribution in [1.82, 2.24) is 9.55 Å². The highest BCUT2D eigenvalue weighted by molar-refractivity contribution is 5.92. The zero-order valence-corrected chi connectivity index (χ0v) is 13.5. The number of amides is 1. The Balaban J connectivity index is 1.81. The van der Waals surface area contributed by atoms with Gasteiger partial charge in [0.05, 0.1) is 11.0 Å².